The molecule has 4 nitrogen and oxygen atoms in total. The van der Waals surface area contributed by atoms with E-state index in [0.29, 0.717) is 22.3 Å². The van der Waals surface area contributed by atoms with Crippen LogP contribution in [-0.2, 0) is 6.42 Å². The number of aromatic amines is 1. The fourth-order valence-corrected chi connectivity index (χ4v) is 3.60. The molecule has 0 spiro atoms. The van der Waals surface area contributed by atoms with Crippen LogP contribution in [0.15, 0.2) is 30.5 Å². The third kappa shape index (κ3) is 4.00. The van der Waals surface area contributed by atoms with Gasteiger partial charge in [0.2, 0.25) is 0 Å². The van der Waals surface area contributed by atoms with E-state index in [1.165, 1.54) is 6.07 Å². The second-order valence-corrected chi connectivity index (χ2v) is 8.43. The summed E-state index contributed by atoms with van der Waals surface area (Å²) in [5.41, 5.74) is 2.26. The summed E-state index contributed by atoms with van der Waals surface area (Å²) >= 11 is 0. The molecule has 3 aromatic rings. The van der Waals surface area contributed by atoms with E-state index in [1.807, 2.05) is 33.0 Å². The molecule has 29 heavy (non-hydrogen) atoms. The van der Waals surface area contributed by atoms with Gasteiger partial charge >= 0.3 is 0 Å². The Morgan fingerprint density at radius 2 is 1.86 bits per heavy atom. The van der Waals surface area contributed by atoms with Gasteiger partial charge in [-0.1, -0.05) is 18.2 Å². The minimum absolute atomic E-state index is 0.0556. The Morgan fingerprint density at radius 1 is 1.21 bits per heavy atom. The molecule has 1 aliphatic rings. The summed E-state index contributed by atoms with van der Waals surface area (Å²) in [7, 11) is 0. The number of anilines is 1. The largest absolute Gasteiger partial charge is 0.394 e. The van der Waals surface area contributed by atoms with E-state index in [1.54, 1.807) is 26.0 Å². The number of benzene rings is 2. The Balaban J connectivity index is 0.000000552. The minimum Gasteiger partial charge on any atom is -0.394 e. The summed E-state index contributed by atoms with van der Waals surface area (Å²) in [5.74, 6) is -1.23. The number of aryl methyl sites for hydroxylation is 1. The zero-order valence-corrected chi connectivity index (χ0v) is 17.4. The second-order valence-electron chi connectivity index (χ2n) is 8.43. The van der Waals surface area contributed by atoms with Crippen LogP contribution in [0.1, 0.15) is 38.8 Å². The number of H-pyrrole nitrogens is 1. The summed E-state index contributed by atoms with van der Waals surface area (Å²) in [6.07, 6.45) is 1.06. The van der Waals surface area contributed by atoms with Gasteiger partial charge in [-0.05, 0) is 46.2 Å². The molecule has 1 unspecified atom stereocenters. The molecule has 0 saturated heterocycles. The quantitative estimate of drug-likeness (QED) is 0.467. The maximum absolute atomic E-state index is 15.3. The van der Waals surface area contributed by atoms with E-state index in [4.69, 9.17) is 5.11 Å². The van der Waals surface area contributed by atoms with Crippen LogP contribution in [0.4, 0.5) is 14.5 Å². The Kier molecular flexibility index (Phi) is 5.70. The summed E-state index contributed by atoms with van der Waals surface area (Å²) in [6.45, 7) is 9.02. The van der Waals surface area contributed by atoms with Gasteiger partial charge in [0, 0.05) is 40.9 Å². The van der Waals surface area contributed by atoms with Crippen molar-refractivity contribution < 1.29 is 19.0 Å². The van der Waals surface area contributed by atoms with Crippen LogP contribution in [-0.4, -0.2) is 32.9 Å². The van der Waals surface area contributed by atoms with E-state index < -0.39 is 23.3 Å². The van der Waals surface area contributed by atoms with Crippen LogP contribution in [0.3, 0.4) is 0 Å². The number of aliphatic hydroxyl groups is 2. The van der Waals surface area contributed by atoms with Crippen LogP contribution in [0.5, 0.6) is 0 Å². The maximum Gasteiger partial charge on any atom is 0.139 e. The fourth-order valence-electron chi connectivity index (χ4n) is 3.60. The van der Waals surface area contributed by atoms with Gasteiger partial charge in [-0.3, -0.25) is 0 Å². The van der Waals surface area contributed by atoms with Gasteiger partial charge in [-0.2, -0.15) is 0 Å². The summed E-state index contributed by atoms with van der Waals surface area (Å²) in [4.78, 5) is 3.11. The Labute approximate surface area is 169 Å². The molecule has 1 atom stereocenters. The average molecular weight is 402 g/mol. The van der Waals surface area contributed by atoms with Gasteiger partial charge in [-0.15, -0.1) is 0 Å². The highest BCUT2D eigenvalue weighted by atomic mass is 19.1. The van der Waals surface area contributed by atoms with Gasteiger partial charge in [0.25, 0.3) is 0 Å². The predicted octanol–water partition coefficient (Wildman–Crippen LogP) is 4.92. The molecule has 4 N–H and O–H groups in total. The summed E-state index contributed by atoms with van der Waals surface area (Å²) in [6, 6.07) is 6.76. The van der Waals surface area contributed by atoms with E-state index >= 15 is 4.39 Å². The molecular weight excluding hydrogens is 374 g/mol. The Bertz CT molecular complexity index is 1040. The molecule has 2 heterocycles. The molecule has 0 bridgehead atoms. The van der Waals surface area contributed by atoms with Crippen LogP contribution < -0.4 is 5.32 Å². The van der Waals surface area contributed by atoms with Crippen molar-refractivity contribution in [2.24, 2.45) is 0 Å². The zero-order chi connectivity index (χ0) is 21.5. The first-order chi connectivity index (χ1) is 13.5. The molecule has 1 aromatic heterocycles. The van der Waals surface area contributed by atoms with Crippen molar-refractivity contribution in [1.82, 2.24) is 4.98 Å². The Hall–Kier alpha value is -2.44. The molecule has 0 radical (unpaired) electrons. The molecule has 0 aliphatic carbocycles. The van der Waals surface area contributed by atoms with Crippen molar-refractivity contribution in [3.8, 4) is 11.1 Å². The normalized spacial score (nSPS) is 17.5. The fraction of sp³-hybridized carbons (Fsp3) is 0.391. The molecule has 0 saturated carbocycles. The highest BCUT2D eigenvalue weighted by Gasteiger charge is 2.36. The van der Waals surface area contributed by atoms with E-state index in [0.717, 1.165) is 10.9 Å². The number of fused-ring (bicyclic) bond motifs is 2. The van der Waals surface area contributed by atoms with Crippen molar-refractivity contribution in [3.05, 3.63) is 53.2 Å². The number of halogens is 2. The lowest BCUT2D eigenvalue weighted by atomic mass is 9.84. The van der Waals surface area contributed by atoms with E-state index in [-0.39, 0.29) is 18.1 Å². The number of nitrogens with one attached hydrogen (secondary N) is 2. The van der Waals surface area contributed by atoms with Crippen molar-refractivity contribution >= 4 is 16.6 Å². The molecule has 4 rings (SSSR count). The first kappa shape index (κ1) is 21.3. The van der Waals surface area contributed by atoms with Crippen LogP contribution in [0.2, 0.25) is 0 Å². The number of aromatic nitrogens is 1. The summed E-state index contributed by atoms with van der Waals surface area (Å²) < 4.78 is 30.1. The highest BCUT2D eigenvalue weighted by Crippen LogP contribution is 2.40. The molecule has 1 aliphatic heterocycles. The number of para-hydroxylation sites is 1. The van der Waals surface area contributed by atoms with Gasteiger partial charge < -0.3 is 20.5 Å². The third-order valence-corrected chi connectivity index (χ3v) is 5.20. The van der Waals surface area contributed by atoms with Crippen molar-refractivity contribution in [1.29, 1.82) is 0 Å². The van der Waals surface area contributed by atoms with Crippen molar-refractivity contribution in [3.63, 3.8) is 0 Å². The maximum atomic E-state index is 15.3. The molecule has 156 valence electrons. The Morgan fingerprint density at radius 3 is 2.52 bits per heavy atom. The minimum atomic E-state index is -0.753. The smallest absolute Gasteiger partial charge is 0.139 e. The van der Waals surface area contributed by atoms with Gasteiger partial charge in [0.05, 0.1) is 22.7 Å². The topological polar surface area (TPSA) is 68.3 Å². The number of hydrogen-bond donors (Lipinski definition) is 4. The van der Waals surface area contributed by atoms with Gasteiger partial charge in [0.15, 0.2) is 0 Å². The van der Waals surface area contributed by atoms with Gasteiger partial charge in [-0.25, -0.2) is 8.78 Å². The molecule has 6 heteroatoms. The standard InChI is InChI=1S/C20H20F2N2O.C3H8O/c1-10-9-23-19-11(10)5-4-6-12(19)17-14(21)8-15-13(18(17)22)7-16(25)20(2,3)24-15;1-3(2)4/h4-6,8-9,16,23-25H,7H2,1-3H3;3-4H,1-2H3. The van der Waals surface area contributed by atoms with Crippen molar-refractivity contribution in [2.45, 2.75) is 58.8 Å². The predicted molar refractivity (Wildman–Crippen MR) is 113 cm³/mol. The number of rotatable bonds is 1. The zero-order valence-electron chi connectivity index (χ0n) is 17.4. The first-order valence-electron chi connectivity index (χ1n) is 9.75. The number of aliphatic hydroxyl groups excluding tert-OH is 2. The van der Waals surface area contributed by atoms with Crippen molar-refractivity contribution in [2.75, 3.05) is 5.32 Å². The third-order valence-electron chi connectivity index (χ3n) is 5.20. The summed E-state index contributed by atoms with van der Waals surface area (Å²) in [5, 5.41) is 22.3. The van der Waals surface area contributed by atoms with Crippen LogP contribution in [0.25, 0.3) is 22.0 Å². The van der Waals surface area contributed by atoms with Gasteiger partial charge in [0.1, 0.15) is 11.6 Å². The molecular formula is C23H28F2N2O2. The SMILES string of the molecule is CC(C)O.Cc1c[nH]c2c(-c3c(F)cc4c(c3F)CC(O)C(C)(C)N4)cccc12. The highest BCUT2D eigenvalue weighted by molar-refractivity contribution is 5.96. The van der Waals surface area contributed by atoms with E-state index in [9.17, 15) is 9.50 Å². The van der Waals surface area contributed by atoms with Crippen LogP contribution in [0, 0.1) is 18.6 Å². The lowest BCUT2D eigenvalue weighted by Crippen LogP contribution is -2.48. The molecule has 0 amide bonds. The first-order valence-corrected chi connectivity index (χ1v) is 9.75. The van der Waals surface area contributed by atoms with E-state index in [2.05, 4.69) is 10.3 Å². The molecule has 0 fully saturated rings. The monoisotopic (exact) mass is 402 g/mol. The van der Waals surface area contributed by atoms with Crippen LogP contribution >= 0.6 is 0 Å². The lowest BCUT2D eigenvalue weighted by Gasteiger charge is -2.38. The number of hydrogen-bond acceptors (Lipinski definition) is 3. The lowest BCUT2D eigenvalue weighted by molar-refractivity contribution is 0.109. The molecule has 2 aromatic carbocycles. The average Bonchev–Trinajstić information content (AvgIpc) is 2.98. The second kappa shape index (κ2) is 7.76.